The molecule has 0 bridgehead atoms. The Morgan fingerprint density at radius 2 is 2.11 bits per heavy atom. The highest BCUT2D eigenvalue weighted by Gasteiger charge is 2.41. The molecule has 1 heterocycles. The molecule has 0 aliphatic carbocycles. The van der Waals surface area contributed by atoms with Crippen LogP contribution in [0.2, 0.25) is 0 Å². The maximum absolute atomic E-state index is 12.1. The van der Waals surface area contributed by atoms with E-state index in [-0.39, 0.29) is 5.91 Å². The van der Waals surface area contributed by atoms with Crippen molar-refractivity contribution in [3.05, 3.63) is 0 Å². The SMILES string of the molecule is CCC(C)NCC(=O)N1CCCC(CC)(C(=O)O)C1. The number of rotatable bonds is 6. The number of hydrogen-bond acceptors (Lipinski definition) is 3. The molecular formula is C14H26N2O3. The number of carbonyl (C=O) groups is 2. The number of carbonyl (C=O) groups excluding carboxylic acids is 1. The van der Waals surface area contributed by atoms with Crippen LogP contribution in [-0.4, -0.2) is 47.6 Å². The Labute approximate surface area is 115 Å². The molecule has 0 radical (unpaired) electrons. The van der Waals surface area contributed by atoms with Gasteiger partial charge in [-0.15, -0.1) is 0 Å². The van der Waals surface area contributed by atoms with Gasteiger partial charge in [0, 0.05) is 19.1 Å². The van der Waals surface area contributed by atoms with E-state index in [9.17, 15) is 14.7 Å². The molecule has 0 saturated carbocycles. The van der Waals surface area contributed by atoms with Crippen molar-refractivity contribution >= 4 is 11.9 Å². The van der Waals surface area contributed by atoms with Crippen LogP contribution in [0.15, 0.2) is 0 Å². The number of hydrogen-bond donors (Lipinski definition) is 2. The number of nitrogens with one attached hydrogen (secondary N) is 1. The fraction of sp³-hybridized carbons (Fsp3) is 0.857. The van der Waals surface area contributed by atoms with E-state index in [2.05, 4.69) is 12.2 Å². The van der Waals surface area contributed by atoms with E-state index in [1.54, 1.807) is 4.90 Å². The predicted molar refractivity (Wildman–Crippen MR) is 73.9 cm³/mol. The summed E-state index contributed by atoms with van der Waals surface area (Å²) in [4.78, 5) is 25.3. The van der Waals surface area contributed by atoms with Crippen LogP contribution in [0.25, 0.3) is 0 Å². The number of carboxylic acids is 1. The van der Waals surface area contributed by atoms with Crippen LogP contribution in [0.5, 0.6) is 0 Å². The van der Waals surface area contributed by atoms with Gasteiger partial charge in [0.05, 0.1) is 12.0 Å². The molecule has 5 heteroatoms. The number of nitrogens with zero attached hydrogens (tertiary/aromatic N) is 1. The standard InChI is InChI=1S/C14H26N2O3/c1-4-11(3)15-9-12(17)16-8-6-7-14(5-2,10-16)13(18)19/h11,15H,4-10H2,1-3H3,(H,18,19). The van der Waals surface area contributed by atoms with Crippen molar-refractivity contribution in [2.24, 2.45) is 5.41 Å². The second kappa shape index (κ2) is 6.89. The monoisotopic (exact) mass is 270 g/mol. The highest BCUT2D eigenvalue weighted by Crippen LogP contribution is 2.33. The first-order chi connectivity index (χ1) is 8.95. The molecule has 1 amide bonds. The second-order valence-corrected chi connectivity index (χ2v) is 5.55. The molecule has 1 saturated heterocycles. The van der Waals surface area contributed by atoms with Gasteiger partial charge in [0.1, 0.15) is 0 Å². The maximum Gasteiger partial charge on any atom is 0.311 e. The Bertz CT molecular complexity index is 333. The third kappa shape index (κ3) is 3.93. The molecule has 0 spiro atoms. The zero-order chi connectivity index (χ0) is 14.5. The van der Waals surface area contributed by atoms with Crippen LogP contribution in [0.4, 0.5) is 0 Å². The Kier molecular flexibility index (Phi) is 5.79. The van der Waals surface area contributed by atoms with E-state index in [0.29, 0.717) is 38.5 Å². The molecule has 0 aromatic carbocycles. The van der Waals surface area contributed by atoms with Crippen LogP contribution in [0.1, 0.15) is 46.5 Å². The summed E-state index contributed by atoms with van der Waals surface area (Å²) >= 11 is 0. The van der Waals surface area contributed by atoms with Crippen LogP contribution < -0.4 is 5.32 Å². The third-order valence-corrected chi connectivity index (χ3v) is 4.27. The minimum absolute atomic E-state index is 0.0130. The number of carboxylic acid groups (broad SMARTS) is 1. The molecule has 2 N–H and O–H groups in total. The number of amides is 1. The van der Waals surface area contributed by atoms with Crippen molar-refractivity contribution in [1.82, 2.24) is 10.2 Å². The number of likely N-dealkylation sites (tertiary alicyclic amines) is 1. The van der Waals surface area contributed by atoms with Crippen molar-refractivity contribution in [2.45, 2.75) is 52.5 Å². The summed E-state index contributed by atoms with van der Waals surface area (Å²) in [6, 6.07) is 0.309. The van der Waals surface area contributed by atoms with Crippen molar-refractivity contribution < 1.29 is 14.7 Å². The van der Waals surface area contributed by atoms with Crippen LogP contribution >= 0.6 is 0 Å². The molecule has 1 rings (SSSR count). The molecule has 2 unspecified atom stereocenters. The molecule has 2 atom stereocenters. The quantitative estimate of drug-likeness (QED) is 0.767. The minimum atomic E-state index is -0.776. The Morgan fingerprint density at radius 3 is 2.63 bits per heavy atom. The van der Waals surface area contributed by atoms with Gasteiger partial charge < -0.3 is 15.3 Å². The molecule has 0 aromatic heterocycles. The first kappa shape index (κ1) is 16.0. The van der Waals surface area contributed by atoms with Crippen molar-refractivity contribution in [3.8, 4) is 0 Å². The molecule has 1 aliphatic rings. The highest BCUT2D eigenvalue weighted by atomic mass is 16.4. The minimum Gasteiger partial charge on any atom is -0.481 e. The highest BCUT2D eigenvalue weighted by molar-refractivity contribution is 5.81. The van der Waals surface area contributed by atoms with E-state index < -0.39 is 11.4 Å². The molecule has 0 aromatic rings. The zero-order valence-corrected chi connectivity index (χ0v) is 12.2. The molecule has 110 valence electrons. The van der Waals surface area contributed by atoms with E-state index in [4.69, 9.17) is 0 Å². The van der Waals surface area contributed by atoms with Gasteiger partial charge in [-0.05, 0) is 32.6 Å². The summed E-state index contributed by atoms with van der Waals surface area (Å²) in [7, 11) is 0. The Balaban J connectivity index is 2.59. The van der Waals surface area contributed by atoms with Gasteiger partial charge in [0.2, 0.25) is 5.91 Å². The largest absolute Gasteiger partial charge is 0.481 e. The lowest BCUT2D eigenvalue weighted by atomic mass is 9.77. The molecule has 1 fully saturated rings. The Hall–Kier alpha value is -1.10. The number of aliphatic carboxylic acids is 1. The summed E-state index contributed by atoms with van der Waals surface area (Å²) in [6.45, 7) is 7.32. The van der Waals surface area contributed by atoms with Gasteiger partial charge in [-0.25, -0.2) is 0 Å². The summed E-state index contributed by atoms with van der Waals surface area (Å²) in [6.07, 6.45) is 2.99. The van der Waals surface area contributed by atoms with Gasteiger partial charge in [-0.3, -0.25) is 9.59 Å². The fourth-order valence-electron chi connectivity index (χ4n) is 2.48. The first-order valence-electron chi connectivity index (χ1n) is 7.19. The summed E-state index contributed by atoms with van der Waals surface area (Å²) < 4.78 is 0. The average molecular weight is 270 g/mol. The van der Waals surface area contributed by atoms with Crippen molar-refractivity contribution in [3.63, 3.8) is 0 Å². The summed E-state index contributed by atoms with van der Waals surface area (Å²) in [5, 5.41) is 12.6. The fourth-order valence-corrected chi connectivity index (χ4v) is 2.48. The first-order valence-corrected chi connectivity index (χ1v) is 7.19. The smallest absolute Gasteiger partial charge is 0.311 e. The van der Waals surface area contributed by atoms with E-state index in [1.807, 2.05) is 13.8 Å². The Morgan fingerprint density at radius 1 is 1.42 bits per heavy atom. The third-order valence-electron chi connectivity index (χ3n) is 4.27. The van der Waals surface area contributed by atoms with Crippen LogP contribution in [0, 0.1) is 5.41 Å². The van der Waals surface area contributed by atoms with Gasteiger partial charge in [-0.1, -0.05) is 13.8 Å². The molecule has 5 nitrogen and oxygen atoms in total. The van der Waals surface area contributed by atoms with Crippen molar-refractivity contribution in [2.75, 3.05) is 19.6 Å². The lowest BCUT2D eigenvalue weighted by Crippen LogP contribution is -2.52. The zero-order valence-electron chi connectivity index (χ0n) is 12.2. The van der Waals surface area contributed by atoms with E-state index in [0.717, 1.165) is 12.8 Å². The lowest BCUT2D eigenvalue weighted by molar-refractivity contribution is -0.155. The van der Waals surface area contributed by atoms with Crippen LogP contribution in [-0.2, 0) is 9.59 Å². The topological polar surface area (TPSA) is 69.6 Å². The van der Waals surface area contributed by atoms with Gasteiger partial charge in [-0.2, -0.15) is 0 Å². The molecular weight excluding hydrogens is 244 g/mol. The van der Waals surface area contributed by atoms with E-state index in [1.165, 1.54) is 0 Å². The molecule has 19 heavy (non-hydrogen) atoms. The van der Waals surface area contributed by atoms with Gasteiger partial charge in [0.15, 0.2) is 0 Å². The predicted octanol–water partition coefficient (Wildman–Crippen LogP) is 1.48. The van der Waals surface area contributed by atoms with Gasteiger partial charge in [0.25, 0.3) is 0 Å². The lowest BCUT2D eigenvalue weighted by Gasteiger charge is -2.39. The average Bonchev–Trinajstić information content (AvgIpc) is 2.43. The molecule has 1 aliphatic heterocycles. The summed E-state index contributed by atoms with van der Waals surface area (Å²) in [5.74, 6) is -0.763. The second-order valence-electron chi connectivity index (χ2n) is 5.55. The van der Waals surface area contributed by atoms with Gasteiger partial charge >= 0.3 is 5.97 Å². The van der Waals surface area contributed by atoms with Crippen molar-refractivity contribution in [1.29, 1.82) is 0 Å². The summed E-state index contributed by atoms with van der Waals surface area (Å²) in [5.41, 5.74) is -0.746. The normalized spacial score (nSPS) is 25.1. The maximum atomic E-state index is 12.1. The van der Waals surface area contributed by atoms with E-state index >= 15 is 0 Å². The van der Waals surface area contributed by atoms with Crippen LogP contribution in [0.3, 0.4) is 0 Å². The number of piperidine rings is 1.